The summed E-state index contributed by atoms with van der Waals surface area (Å²) in [5.74, 6) is 0. The molecule has 18 nitrogen and oxygen atoms in total. The van der Waals surface area contributed by atoms with E-state index in [4.69, 9.17) is 9.11 Å². The van der Waals surface area contributed by atoms with Crippen molar-refractivity contribution in [2.24, 2.45) is 0 Å². The minimum absolute atomic E-state index is 0. The molecule has 0 fully saturated rings. The van der Waals surface area contributed by atoms with Gasteiger partial charge in [-0.2, -0.15) is 16.8 Å². The summed E-state index contributed by atoms with van der Waals surface area (Å²) in [6.45, 7) is 0. The number of non-ortho nitro benzene ring substituents is 2. The molecule has 0 bridgehead atoms. The van der Waals surface area contributed by atoms with Crippen LogP contribution >= 0.6 is 0 Å². The van der Waals surface area contributed by atoms with E-state index in [0.29, 0.717) is 24.3 Å². The number of nitro groups is 4. The van der Waals surface area contributed by atoms with E-state index in [1.165, 1.54) is 0 Å². The van der Waals surface area contributed by atoms with E-state index in [-0.39, 0.29) is 27.3 Å². The molecular formula is C12H8N4O14PbS2. The number of nitrogens with zero attached hydrogens (tertiary/aromatic N) is 4. The van der Waals surface area contributed by atoms with Crippen LogP contribution in [0.3, 0.4) is 0 Å². The van der Waals surface area contributed by atoms with E-state index >= 15 is 0 Å². The van der Waals surface area contributed by atoms with Crippen molar-refractivity contribution in [2.45, 2.75) is 9.79 Å². The van der Waals surface area contributed by atoms with Crippen LogP contribution in [0.4, 0.5) is 22.7 Å². The second-order valence-corrected chi connectivity index (χ2v) is 8.06. The zero-order valence-electron chi connectivity index (χ0n) is 15.4. The Morgan fingerprint density at radius 2 is 0.848 bits per heavy atom. The average molecular weight is 704 g/mol. The Morgan fingerprint density at radius 3 is 1.03 bits per heavy atom. The molecule has 2 aromatic rings. The van der Waals surface area contributed by atoms with Gasteiger partial charge in [-0.15, -0.1) is 0 Å². The van der Waals surface area contributed by atoms with Crippen molar-refractivity contribution in [2.75, 3.05) is 0 Å². The molecule has 0 spiro atoms. The van der Waals surface area contributed by atoms with Crippen LogP contribution in [0.5, 0.6) is 0 Å². The molecule has 0 heterocycles. The monoisotopic (exact) mass is 704 g/mol. The van der Waals surface area contributed by atoms with Gasteiger partial charge in [-0.05, 0) is 12.1 Å². The van der Waals surface area contributed by atoms with Gasteiger partial charge in [0.15, 0.2) is 9.79 Å². The molecule has 0 atom stereocenters. The van der Waals surface area contributed by atoms with Crippen LogP contribution < -0.4 is 0 Å². The molecule has 0 saturated heterocycles. The fourth-order valence-corrected chi connectivity index (χ4v) is 3.24. The van der Waals surface area contributed by atoms with E-state index in [9.17, 15) is 57.3 Å². The predicted octanol–water partition coefficient (Wildman–Crippen LogP) is 1.12. The summed E-state index contributed by atoms with van der Waals surface area (Å²) in [6.07, 6.45) is 0. The first kappa shape index (κ1) is 29.8. The van der Waals surface area contributed by atoms with E-state index in [1.54, 1.807) is 0 Å². The molecule has 2 aromatic carbocycles. The van der Waals surface area contributed by atoms with Gasteiger partial charge >= 0.3 is 20.2 Å². The summed E-state index contributed by atoms with van der Waals surface area (Å²) in [6, 6.07) is 3.62. The van der Waals surface area contributed by atoms with Gasteiger partial charge in [-0.25, -0.2) is 0 Å². The molecule has 33 heavy (non-hydrogen) atoms. The largest absolute Gasteiger partial charge is 0.301 e. The summed E-state index contributed by atoms with van der Waals surface area (Å²) in [5.41, 5.74) is -3.37. The van der Waals surface area contributed by atoms with Crippen LogP contribution in [0.15, 0.2) is 46.2 Å². The van der Waals surface area contributed by atoms with Crippen LogP contribution in [0.2, 0.25) is 0 Å². The van der Waals surface area contributed by atoms with Gasteiger partial charge in [0.1, 0.15) is 0 Å². The Bertz CT molecular complexity index is 1240. The molecule has 2 rings (SSSR count). The maximum Gasteiger partial charge on any atom is 0.301 e. The molecule has 0 aliphatic rings. The van der Waals surface area contributed by atoms with Gasteiger partial charge in [-0.3, -0.25) is 49.6 Å². The first-order valence-corrected chi connectivity index (χ1v) is 10.2. The van der Waals surface area contributed by atoms with Crippen molar-refractivity contribution in [1.82, 2.24) is 0 Å². The number of rotatable bonds is 6. The maximum atomic E-state index is 10.7. The second kappa shape index (κ2) is 11.1. The van der Waals surface area contributed by atoms with Gasteiger partial charge in [0.25, 0.3) is 22.7 Å². The second-order valence-electron chi connectivity index (χ2n) is 5.28. The Kier molecular flexibility index (Phi) is 10.00. The van der Waals surface area contributed by atoms with Crippen molar-refractivity contribution in [3.05, 3.63) is 76.9 Å². The summed E-state index contributed by atoms with van der Waals surface area (Å²) in [5, 5.41) is 41.5. The molecule has 0 unspecified atom stereocenters. The minimum atomic E-state index is -4.79. The number of hydrogen-bond donors (Lipinski definition) is 2. The molecule has 0 saturated carbocycles. The predicted molar refractivity (Wildman–Crippen MR) is 105 cm³/mol. The molecule has 176 valence electrons. The van der Waals surface area contributed by atoms with Gasteiger partial charge in [-0.1, -0.05) is 0 Å². The van der Waals surface area contributed by atoms with Crippen LogP contribution in [0, 0.1) is 40.5 Å². The molecule has 0 aromatic heterocycles. The molecule has 2 N–H and O–H groups in total. The number of benzene rings is 2. The standard InChI is InChI=1S/2C6H4N2O7S.Pb/c2*9-7(10)4-1-2-6(16(13,14)15)5(3-4)8(11)12;/h2*1-3H,(H,13,14,15);. The molecular weight excluding hydrogens is 695 g/mol. The van der Waals surface area contributed by atoms with Gasteiger partial charge < -0.3 is 0 Å². The van der Waals surface area contributed by atoms with E-state index in [0.717, 1.165) is 12.1 Å². The maximum absolute atomic E-state index is 10.7. The molecule has 0 aliphatic carbocycles. The smallest absolute Gasteiger partial charge is 0.282 e. The first-order chi connectivity index (χ1) is 14.5. The number of nitro benzene ring substituents is 4. The van der Waals surface area contributed by atoms with Crippen LogP contribution in [-0.2, 0) is 20.2 Å². The van der Waals surface area contributed by atoms with E-state index in [1.807, 2.05) is 0 Å². The average Bonchev–Trinajstić information content (AvgIpc) is 2.65. The van der Waals surface area contributed by atoms with Crippen molar-refractivity contribution < 1.29 is 45.6 Å². The third-order valence-electron chi connectivity index (χ3n) is 3.26. The van der Waals surface area contributed by atoms with Crippen molar-refractivity contribution in [3.8, 4) is 0 Å². The van der Waals surface area contributed by atoms with Crippen LogP contribution in [0.1, 0.15) is 0 Å². The fraction of sp³-hybridized carbons (Fsp3) is 0. The summed E-state index contributed by atoms with van der Waals surface area (Å²) >= 11 is 0. The molecule has 0 aliphatic heterocycles. The van der Waals surface area contributed by atoms with Crippen LogP contribution in [-0.4, -0.2) is 72.9 Å². The summed E-state index contributed by atoms with van der Waals surface area (Å²) in [7, 11) is -9.57. The van der Waals surface area contributed by atoms with Gasteiger partial charge in [0.05, 0.1) is 31.8 Å². The minimum Gasteiger partial charge on any atom is -0.282 e. The summed E-state index contributed by atoms with van der Waals surface area (Å²) < 4.78 is 60.2. The first-order valence-electron chi connectivity index (χ1n) is 7.27. The van der Waals surface area contributed by atoms with Crippen molar-refractivity contribution >= 4 is 70.3 Å². The normalized spacial score (nSPS) is 10.7. The Hall–Kier alpha value is -3.22. The van der Waals surface area contributed by atoms with Crippen molar-refractivity contribution in [3.63, 3.8) is 0 Å². The summed E-state index contributed by atoms with van der Waals surface area (Å²) in [4.78, 5) is 35.5. The fourth-order valence-electron chi connectivity index (χ4n) is 1.96. The van der Waals surface area contributed by atoms with Crippen molar-refractivity contribution in [1.29, 1.82) is 0 Å². The zero-order valence-corrected chi connectivity index (χ0v) is 20.9. The molecule has 0 amide bonds. The topological polar surface area (TPSA) is 281 Å². The Labute approximate surface area is 202 Å². The third kappa shape index (κ3) is 8.01. The Balaban J connectivity index is 0.000000602. The third-order valence-corrected chi connectivity index (χ3v) is 5.06. The quantitative estimate of drug-likeness (QED) is 0.185. The van der Waals surface area contributed by atoms with Gasteiger partial charge in [0, 0.05) is 39.4 Å². The SMILES string of the molecule is O=[N+]([O-])c1ccc(S(=O)(=O)O)c([N+](=O)[O-])c1.O=[N+]([O-])c1ccc(S(=O)(=O)O)c([N+](=O)[O-])c1.[Pb]. The molecule has 4 radical (unpaired) electrons. The zero-order chi connectivity index (χ0) is 25.0. The van der Waals surface area contributed by atoms with E-state index in [2.05, 4.69) is 0 Å². The number of hydrogen-bond acceptors (Lipinski definition) is 12. The van der Waals surface area contributed by atoms with E-state index < -0.39 is 72.5 Å². The van der Waals surface area contributed by atoms with Gasteiger partial charge in [0.2, 0.25) is 0 Å². The Morgan fingerprint density at radius 1 is 0.576 bits per heavy atom. The molecule has 21 heteroatoms. The van der Waals surface area contributed by atoms with Crippen LogP contribution in [0.25, 0.3) is 0 Å².